The highest BCUT2D eigenvalue weighted by Gasteiger charge is 2.18. The Kier molecular flexibility index (Phi) is 4.57. The van der Waals surface area contributed by atoms with Gasteiger partial charge in [0.25, 0.3) is 0 Å². The fraction of sp³-hybridized carbons (Fsp3) is 0.400. The molecule has 1 unspecified atom stereocenters. The second-order valence-corrected chi connectivity index (χ2v) is 6.09. The maximum atomic E-state index is 11.0. The summed E-state index contributed by atoms with van der Waals surface area (Å²) in [6.07, 6.45) is 0. The van der Waals surface area contributed by atoms with Crippen LogP contribution in [0, 0.1) is 0 Å². The highest BCUT2D eigenvalue weighted by molar-refractivity contribution is 8.13. The quantitative estimate of drug-likeness (QED) is 0.749. The summed E-state index contributed by atoms with van der Waals surface area (Å²) in [5, 5.41) is 0. The zero-order valence-corrected chi connectivity index (χ0v) is 9.96. The Balaban J connectivity index is 2.84. The Morgan fingerprint density at radius 1 is 1.33 bits per heavy atom. The van der Waals surface area contributed by atoms with Crippen molar-refractivity contribution in [2.24, 2.45) is 0 Å². The highest BCUT2D eigenvalue weighted by atomic mass is 35.7. The van der Waals surface area contributed by atoms with Gasteiger partial charge in [-0.1, -0.05) is 30.3 Å². The van der Waals surface area contributed by atoms with Gasteiger partial charge in [0.15, 0.2) is 0 Å². The average molecular weight is 249 g/mol. The van der Waals surface area contributed by atoms with E-state index in [4.69, 9.17) is 15.4 Å². The number of hydrogen-bond donors (Lipinski definition) is 0. The first-order chi connectivity index (χ1) is 7.03. The van der Waals surface area contributed by atoms with Gasteiger partial charge < -0.3 is 4.74 Å². The lowest BCUT2D eigenvalue weighted by Gasteiger charge is -2.14. The Morgan fingerprint density at radius 3 is 2.40 bits per heavy atom. The summed E-state index contributed by atoms with van der Waals surface area (Å²) in [7, 11) is 3.27. The van der Waals surface area contributed by atoms with Gasteiger partial charge in [-0.25, -0.2) is 8.42 Å². The third-order valence-electron chi connectivity index (χ3n) is 2.04. The lowest BCUT2D eigenvalue weighted by molar-refractivity contribution is 0.185. The first-order valence-corrected chi connectivity index (χ1v) is 6.97. The zero-order valence-electron chi connectivity index (χ0n) is 8.39. The van der Waals surface area contributed by atoms with Gasteiger partial charge >= 0.3 is 0 Å². The maximum absolute atomic E-state index is 11.0. The summed E-state index contributed by atoms with van der Waals surface area (Å²) in [5.74, 6) is -0.314. The molecule has 1 rings (SSSR count). The number of hydrogen-bond acceptors (Lipinski definition) is 3. The van der Waals surface area contributed by atoms with Crippen LogP contribution in [0.1, 0.15) is 11.5 Å². The van der Waals surface area contributed by atoms with E-state index in [1.165, 1.54) is 7.11 Å². The van der Waals surface area contributed by atoms with E-state index in [2.05, 4.69) is 0 Å². The zero-order chi connectivity index (χ0) is 11.3. The van der Waals surface area contributed by atoms with E-state index >= 15 is 0 Å². The molecule has 0 spiro atoms. The van der Waals surface area contributed by atoms with Gasteiger partial charge in [0.2, 0.25) is 9.05 Å². The second-order valence-electron chi connectivity index (χ2n) is 3.27. The molecule has 0 bridgehead atoms. The van der Waals surface area contributed by atoms with E-state index in [1.54, 1.807) is 0 Å². The predicted octanol–water partition coefficient (Wildman–Crippen LogP) is 1.99. The van der Waals surface area contributed by atoms with Crippen molar-refractivity contribution in [1.82, 2.24) is 0 Å². The van der Waals surface area contributed by atoms with E-state index in [1.807, 2.05) is 30.3 Å². The lowest BCUT2D eigenvalue weighted by atomic mass is 10.0. The Labute approximate surface area is 94.4 Å². The average Bonchev–Trinajstić information content (AvgIpc) is 2.17. The fourth-order valence-electron chi connectivity index (χ4n) is 1.41. The molecule has 0 fully saturated rings. The largest absolute Gasteiger partial charge is 0.384 e. The molecule has 0 N–H and O–H groups in total. The van der Waals surface area contributed by atoms with Crippen LogP contribution in [0.4, 0.5) is 0 Å². The van der Waals surface area contributed by atoms with Crippen LogP contribution < -0.4 is 0 Å². The van der Waals surface area contributed by atoms with E-state index in [0.29, 0.717) is 6.61 Å². The molecule has 15 heavy (non-hydrogen) atoms. The van der Waals surface area contributed by atoms with Gasteiger partial charge in [-0.15, -0.1) is 0 Å². The molecule has 0 saturated carbocycles. The minimum Gasteiger partial charge on any atom is -0.384 e. The van der Waals surface area contributed by atoms with Crippen molar-refractivity contribution < 1.29 is 13.2 Å². The van der Waals surface area contributed by atoms with Crippen molar-refractivity contribution in [2.75, 3.05) is 19.5 Å². The fourth-order valence-corrected chi connectivity index (χ4v) is 2.63. The molecule has 0 aliphatic heterocycles. The van der Waals surface area contributed by atoms with Crippen molar-refractivity contribution in [3.63, 3.8) is 0 Å². The van der Waals surface area contributed by atoms with Crippen molar-refractivity contribution in [3.8, 4) is 0 Å². The molecule has 1 aromatic carbocycles. The first-order valence-electron chi connectivity index (χ1n) is 4.49. The normalized spacial score (nSPS) is 13.7. The molecule has 3 nitrogen and oxygen atoms in total. The van der Waals surface area contributed by atoms with E-state index in [-0.39, 0.29) is 11.7 Å². The van der Waals surface area contributed by atoms with Gasteiger partial charge in [0.1, 0.15) is 0 Å². The molecular weight excluding hydrogens is 236 g/mol. The monoisotopic (exact) mass is 248 g/mol. The van der Waals surface area contributed by atoms with Crippen molar-refractivity contribution in [1.29, 1.82) is 0 Å². The summed E-state index contributed by atoms with van der Waals surface area (Å²) >= 11 is 0. The topological polar surface area (TPSA) is 43.4 Å². The summed E-state index contributed by atoms with van der Waals surface area (Å²) in [5.41, 5.74) is 0.920. The molecule has 5 heteroatoms. The van der Waals surface area contributed by atoms with Gasteiger partial charge in [-0.2, -0.15) is 0 Å². The van der Waals surface area contributed by atoms with E-state index in [0.717, 1.165) is 5.56 Å². The van der Waals surface area contributed by atoms with Crippen molar-refractivity contribution in [3.05, 3.63) is 35.9 Å². The van der Waals surface area contributed by atoms with E-state index < -0.39 is 9.05 Å². The number of halogens is 1. The van der Waals surface area contributed by atoms with Gasteiger partial charge in [-0.3, -0.25) is 0 Å². The minimum atomic E-state index is -3.50. The lowest BCUT2D eigenvalue weighted by Crippen LogP contribution is -2.15. The number of ether oxygens (including phenoxy) is 1. The molecular formula is C10H13ClO3S. The van der Waals surface area contributed by atoms with Crippen LogP contribution in [0.25, 0.3) is 0 Å². The molecule has 0 aliphatic carbocycles. The first kappa shape index (κ1) is 12.5. The summed E-state index contributed by atoms with van der Waals surface area (Å²) in [6, 6.07) is 9.33. The summed E-state index contributed by atoms with van der Waals surface area (Å²) in [4.78, 5) is 0. The third-order valence-corrected chi connectivity index (χ3v) is 3.22. The maximum Gasteiger partial charge on any atom is 0.233 e. The molecule has 0 saturated heterocycles. The Hall–Kier alpha value is -0.580. The van der Waals surface area contributed by atoms with Gasteiger partial charge in [-0.05, 0) is 5.56 Å². The van der Waals surface area contributed by atoms with Crippen LogP contribution in [0.3, 0.4) is 0 Å². The predicted molar refractivity (Wildman–Crippen MR) is 60.7 cm³/mol. The standard InChI is InChI=1S/C10H13ClO3S/c1-14-7-10(8-15(11,12)13)9-5-3-2-4-6-9/h2-6,10H,7-8H2,1H3. The SMILES string of the molecule is COCC(CS(=O)(=O)Cl)c1ccccc1. The minimum absolute atomic E-state index is 0.105. The number of rotatable bonds is 5. The molecule has 1 aromatic rings. The van der Waals surface area contributed by atoms with Crippen molar-refractivity contribution >= 4 is 19.7 Å². The van der Waals surface area contributed by atoms with Crippen molar-refractivity contribution in [2.45, 2.75) is 5.92 Å². The summed E-state index contributed by atoms with van der Waals surface area (Å²) in [6.45, 7) is 0.343. The number of methoxy groups -OCH3 is 1. The van der Waals surface area contributed by atoms with Crippen LogP contribution >= 0.6 is 10.7 Å². The van der Waals surface area contributed by atoms with Gasteiger partial charge in [0, 0.05) is 23.7 Å². The Bertz CT molecular complexity index is 388. The smallest absolute Gasteiger partial charge is 0.233 e. The third kappa shape index (κ3) is 4.64. The van der Waals surface area contributed by atoms with Crippen LogP contribution in [0.2, 0.25) is 0 Å². The number of benzene rings is 1. The molecule has 0 heterocycles. The van der Waals surface area contributed by atoms with Crippen LogP contribution in [0.5, 0.6) is 0 Å². The summed E-state index contributed by atoms with van der Waals surface area (Å²) < 4.78 is 27.0. The molecule has 0 aliphatic rings. The molecule has 0 aromatic heterocycles. The molecule has 84 valence electrons. The molecule has 0 radical (unpaired) electrons. The van der Waals surface area contributed by atoms with Crippen LogP contribution in [0.15, 0.2) is 30.3 Å². The molecule has 0 amide bonds. The Morgan fingerprint density at radius 2 is 1.93 bits per heavy atom. The molecule has 1 atom stereocenters. The second kappa shape index (κ2) is 5.49. The van der Waals surface area contributed by atoms with E-state index in [9.17, 15) is 8.42 Å². The highest BCUT2D eigenvalue weighted by Crippen LogP contribution is 2.19. The van der Waals surface area contributed by atoms with Crippen LogP contribution in [-0.4, -0.2) is 27.9 Å². The van der Waals surface area contributed by atoms with Gasteiger partial charge in [0.05, 0.1) is 12.4 Å². The van der Waals surface area contributed by atoms with Crippen LogP contribution in [-0.2, 0) is 13.8 Å².